The summed E-state index contributed by atoms with van der Waals surface area (Å²) in [6.45, 7) is 0. The molecule has 0 bridgehead atoms. The Morgan fingerprint density at radius 1 is 0.308 bits per heavy atom. The molecule has 65 heavy (non-hydrogen) atoms. The second-order valence-electron chi connectivity index (χ2n) is 16.9. The maximum Gasteiger partial charge on any atom is 0.143 e. The van der Waals surface area contributed by atoms with Gasteiger partial charge in [0.25, 0.3) is 0 Å². The van der Waals surface area contributed by atoms with Crippen LogP contribution in [0.1, 0.15) is 0 Å². The quantitative estimate of drug-likeness (QED) is 0.149. The first-order valence-corrected chi connectivity index (χ1v) is 22.2. The Labute approximate surface area is 376 Å². The number of anilines is 3. The molecule has 0 amide bonds. The molecule has 0 aliphatic carbocycles. The Kier molecular flexibility index (Phi) is 8.53. The zero-order valence-electron chi connectivity index (χ0n) is 35.4. The van der Waals surface area contributed by atoms with Gasteiger partial charge >= 0.3 is 0 Å². The van der Waals surface area contributed by atoms with Crippen molar-refractivity contribution in [3.63, 3.8) is 0 Å². The predicted octanol–water partition coefficient (Wildman–Crippen LogP) is 17.5. The third-order valence-electron chi connectivity index (χ3n) is 13.1. The summed E-state index contributed by atoms with van der Waals surface area (Å²) in [4.78, 5) is 2.42. The van der Waals surface area contributed by atoms with E-state index in [4.69, 9.17) is 4.42 Å². The minimum Gasteiger partial charge on any atom is -0.455 e. The van der Waals surface area contributed by atoms with Crippen molar-refractivity contribution in [2.24, 2.45) is 0 Å². The fourth-order valence-corrected chi connectivity index (χ4v) is 10.2. The van der Waals surface area contributed by atoms with Gasteiger partial charge in [0.05, 0.1) is 11.0 Å². The van der Waals surface area contributed by atoms with Crippen LogP contribution in [0, 0.1) is 0 Å². The van der Waals surface area contributed by atoms with Crippen molar-refractivity contribution in [3.8, 4) is 39.1 Å². The first-order chi connectivity index (χ1) is 32.2. The van der Waals surface area contributed by atoms with Crippen LogP contribution in [0.5, 0.6) is 0 Å². The molecule has 11 aromatic carbocycles. The number of hydrogen-bond acceptors (Lipinski definition) is 2. The molecule has 0 unspecified atom stereocenters. The first kappa shape index (κ1) is 36.9. The van der Waals surface area contributed by atoms with E-state index < -0.39 is 0 Å². The highest BCUT2D eigenvalue weighted by atomic mass is 16.3. The van der Waals surface area contributed by atoms with E-state index in [1.807, 2.05) is 0 Å². The van der Waals surface area contributed by atoms with Crippen molar-refractivity contribution in [1.82, 2.24) is 4.57 Å². The third-order valence-corrected chi connectivity index (χ3v) is 13.1. The summed E-state index contributed by atoms with van der Waals surface area (Å²) in [7, 11) is 0. The molecule has 0 saturated carbocycles. The molecule has 0 N–H and O–H groups in total. The average Bonchev–Trinajstić information content (AvgIpc) is 3.92. The van der Waals surface area contributed by atoms with Gasteiger partial charge in [-0.2, -0.15) is 0 Å². The Bertz CT molecular complexity index is 3920. The zero-order valence-corrected chi connectivity index (χ0v) is 35.4. The van der Waals surface area contributed by atoms with E-state index in [9.17, 15) is 0 Å². The molecule has 0 spiro atoms. The molecule has 0 radical (unpaired) electrons. The lowest BCUT2D eigenvalue weighted by atomic mass is 9.93. The van der Waals surface area contributed by atoms with Crippen LogP contribution in [0.25, 0.3) is 104 Å². The van der Waals surface area contributed by atoms with Gasteiger partial charge in [-0.1, -0.05) is 170 Å². The maximum absolute atomic E-state index is 6.86. The van der Waals surface area contributed by atoms with Crippen LogP contribution >= 0.6 is 0 Å². The van der Waals surface area contributed by atoms with Gasteiger partial charge in [0.2, 0.25) is 0 Å². The lowest BCUT2D eigenvalue weighted by Gasteiger charge is -2.27. The summed E-state index contributed by atoms with van der Waals surface area (Å²) < 4.78 is 9.25. The van der Waals surface area contributed by atoms with Crippen LogP contribution in [0.4, 0.5) is 17.1 Å². The molecule has 0 atom stereocenters. The van der Waals surface area contributed by atoms with Crippen molar-refractivity contribution in [1.29, 1.82) is 0 Å². The highest BCUT2D eigenvalue weighted by molar-refractivity contribution is 6.15. The molecule has 3 nitrogen and oxygen atoms in total. The highest BCUT2D eigenvalue weighted by Crippen LogP contribution is 2.46. The number of fused-ring (bicyclic) bond motifs is 9. The molecule has 0 aliphatic rings. The van der Waals surface area contributed by atoms with Crippen molar-refractivity contribution >= 4 is 82.4 Å². The number of aromatic nitrogens is 1. The molecule has 13 rings (SSSR count). The summed E-state index contributed by atoms with van der Waals surface area (Å²) in [6, 6.07) is 87.8. The van der Waals surface area contributed by atoms with E-state index in [0.29, 0.717) is 0 Å². The molecule has 2 aromatic heterocycles. The van der Waals surface area contributed by atoms with Gasteiger partial charge in [-0.25, -0.2) is 0 Å². The molecule has 2 heterocycles. The fourth-order valence-electron chi connectivity index (χ4n) is 10.2. The number of furan rings is 1. The van der Waals surface area contributed by atoms with Crippen LogP contribution in [0.3, 0.4) is 0 Å². The number of hydrogen-bond donors (Lipinski definition) is 0. The molecule has 0 saturated heterocycles. The zero-order chi connectivity index (χ0) is 42.8. The van der Waals surface area contributed by atoms with E-state index >= 15 is 0 Å². The summed E-state index contributed by atoms with van der Waals surface area (Å²) in [5.74, 6) is 0. The minimum absolute atomic E-state index is 0.863. The summed E-state index contributed by atoms with van der Waals surface area (Å²) in [5, 5.41) is 9.60. The van der Waals surface area contributed by atoms with E-state index in [-0.39, 0.29) is 0 Å². The SMILES string of the molecule is c1ccc(-c2cccc(N(c3cccc(-c4cc5ccccc5c5ccccc45)c3)c3cc(-c4cccc(-n5c6ccccc6c6ccccc65)c4)c4oc5ccccc5c4c3)c2)cc1. The normalized spacial score (nSPS) is 11.7. The van der Waals surface area contributed by atoms with Gasteiger partial charge in [0.1, 0.15) is 11.2 Å². The summed E-state index contributed by atoms with van der Waals surface area (Å²) in [6.07, 6.45) is 0. The Morgan fingerprint density at radius 2 is 0.862 bits per heavy atom. The molecular formula is C62H40N2O. The second-order valence-corrected chi connectivity index (χ2v) is 16.9. The van der Waals surface area contributed by atoms with Crippen molar-refractivity contribution in [2.75, 3.05) is 4.90 Å². The van der Waals surface area contributed by atoms with E-state index in [0.717, 1.165) is 66.9 Å². The Morgan fingerprint density at radius 3 is 1.62 bits per heavy atom. The Hall–Kier alpha value is -8.66. The molecule has 13 aromatic rings. The average molecular weight is 829 g/mol. The van der Waals surface area contributed by atoms with Gasteiger partial charge in [-0.05, 0) is 122 Å². The number of rotatable bonds is 7. The second kappa shape index (κ2) is 15.0. The monoisotopic (exact) mass is 828 g/mol. The standard InChI is InChI=1S/C62H40N2O/c1-2-17-41(18-3-1)42-20-14-23-46(35-42)63(47-24-15-21-43(36-47)56-38-45-19-4-5-26-50(45)51-27-6-7-28-52(51)56)49-39-57(62-58(40-49)55-31-10-13-34-61(55)65-62)44-22-16-25-48(37-44)64-59-32-11-8-29-53(59)54-30-9-12-33-60(54)64/h1-40H. The van der Waals surface area contributed by atoms with Crippen LogP contribution < -0.4 is 4.90 Å². The Balaban J connectivity index is 1.06. The molecule has 3 heteroatoms. The number of para-hydroxylation sites is 3. The lowest BCUT2D eigenvalue weighted by Crippen LogP contribution is -2.10. The summed E-state index contributed by atoms with van der Waals surface area (Å²) >= 11 is 0. The summed E-state index contributed by atoms with van der Waals surface area (Å²) in [5.41, 5.74) is 15.1. The van der Waals surface area contributed by atoms with Crippen molar-refractivity contribution in [2.45, 2.75) is 0 Å². The van der Waals surface area contributed by atoms with Crippen LogP contribution in [0.15, 0.2) is 247 Å². The molecule has 304 valence electrons. The first-order valence-electron chi connectivity index (χ1n) is 22.2. The molecular weight excluding hydrogens is 789 g/mol. The minimum atomic E-state index is 0.863. The molecule has 0 aliphatic heterocycles. The highest BCUT2D eigenvalue weighted by Gasteiger charge is 2.22. The van der Waals surface area contributed by atoms with Gasteiger partial charge in [0, 0.05) is 49.9 Å². The topological polar surface area (TPSA) is 21.3 Å². The van der Waals surface area contributed by atoms with E-state index in [1.165, 1.54) is 54.5 Å². The number of nitrogens with zero attached hydrogens (tertiary/aromatic N) is 2. The fraction of sp³-hybridized carbons (Fsp3) is 0. The predicted molar refractivity (Wildman–Crippen MR) is 274 cm³/mol. The van der Waals surface area contributed by atoms with Crippen molar-refractivity contribution in [3.05, 3.63) is 243 Å². The van der Waals surface area contributed by atoms with Crippen LogP contribution in [0.2, 0.25) is 0 Å². The van der Waals surface area contributed by atoms with Gasteiger partial charge in [-0.15, -0.1) is 0 Å². The number of benzene rings is 11. The molecule has 0 fully saturated rings. The lowest BCUT2D eigenvalue weighted by molar-refractivity contribution is 0.670. The van der Waals surface area contributed by atoms with E-state index in [2.05, 4.69) is 252 Å². The van der Waals surface area contributed by atoms with E-state index in [1.54, 1.807) is 0 Å². The van der Waals surface area contributed by atoms with Crippen molar-refractivity contribution < 1.29 is 4.42 Å². The smallest absolute Gasteiger partial charge is 0.143 e. The maximum atomic E-state index is 6.86. The van der Waals surface area contributed by atoms with Crippen LogP contribution in [-0.2, 0) is 0 Å². The largest absolute Gasteiger partial charge is 0.455 e. The third kappa shape index (κ3) is 6.12. The van der Waals surface area contributed by atoms with Crippen LogP contribution in [-0.4, -0.2) is 4.57 Å². The van der Waals surface area contributed by atoms with Gasteiger partial charge < -0.3 is 13.9 Å². The van der Waals surface area contributed by atoms with Gasteiger partial charge in [0.15, 0.2) is 0 Å². The van der Waals surface area contributed by atoms with Gasteiger partial charge in [-0.3, -0.25) is 0 Å².